The van der Waals surface area contributed by atoms with E-state index in [4.69, 9.17) is 0 Å². The second kappa shape index (κ2) is 8.51. The van der Waals surface area contributed by atoms with Crippen molar-refractivity contribution in [2.45, 2.75) is 40.5 Å². The normalized spacial score (nSPS) is 10.4. The van der Waals surface area contributed by atoms with Gasteiger partial charge in [0.05, 0.1) is 0 Å². The van der Waals surface area contributed by atoms with E-state index in [0.717, 1.165) is 31.7 Å². The van der Waals surface area contributed by atoms with Gasteiger partial charge in [-0.05, 0) is 38.8 Å². The van der Waals surface area contributed by atoms with Gasteiger partial charge in [0.15, 0.2) is 11.5 Å². The van der Waals surface area contributed by atoms with Crippen LogP contribution in [0, 0.1) is 0 Å². The standard InChI is InChI=1S/C15H26N4O/c1-5-11-19(12-6-2)14-10-9-13(16-17-14)15(20)18(7-3)8-4/h9-10H,5-8,11-12H2,1-4H3. The summed E-state index contributed by atoms with van der Waals surface area (Å²) in [6.45, 7) is 11.5. The number of rotatable bonds is 8. The molecule has 1 rings (SSSR count). The Kier molecular flexibility index (Phi) is 6.98. The molecule has 1 aromatic rings. The molecule has 0 fully saturated rings. The first-order valence-corrected chi connectivity index (χ1v) is 7.55. The summed E-state index contributed by atoms with van der Waals surface area (Å²) in [4.78, 5) is 16.1. The fourth-order valence-electron chi connectivity index (χ4n) is 2.16. The Morgan fingerprint density at radius 2 is 1.60 bits per heavy atom. The molecule has 0 radical (unpaired) electrons. The smallest absolute Gasteiger partial charge is 0.274 e. The van der Waals surface area contributed by atoms with Crippen LogP contribution in [0.3, 0.4) is 0 Å². The van der Waals surface area contributed by atoms with E-state index in [2.05, 4.69) is 28.9 Å². The van der Waals surface area contributed by atoms with Crippen LogP contribution in [0.2, 0.25) is 0 Å². The van der Waals surface area contributed by atoms with Gasteiger partial charge in [0, 0.05) is 26.2 Å². The van der Waals surface area contributed by atoms with E-state index in [1.807, 2.05) is 19.9 Å². The molecule has 1 heterocycles. The molecule has 0 spiro atoms. The number of carbonyl (C=O) groups is 1. The van der Waals surface area contributed by atoms with E-state index in [0.29, 0.717) is 18.8 Å². The summed E-state index contributed by atoms with van der Waals surface area (Å²) in [5, 5.41) is 8.31. The largest absolute Gasteiger partial charge is 0.355 e. The highest BCUT2D eigenvalue weighted by atomic mass is 16.2. The van der Waals surface area contributed by atoms with Crippen LogP contribution in [0.15, 0.2) is 12.1 Å². The molecule has 0 aliphatic carbocycles. The monoisotopic (exact) mass is 278 g/mol. The average molecular weight is 278 g/mol. The molecule has 20 heavy (non-hydrogen) atoms. The van der Waals surface area contributed by atoms with Crippen LogP contribution in [-0.4, -0.2) is 47.2 Å². The number of hydrogen-bond acceptors (Lipinski definition) is 4. The average Bonchev–Trinajstić information content (AvgIpc) is 2.48. The Hall–Kier alpha value is -1.65. The maximum atomic E-state index is 12.1. The van der Waals surface area contributed by atoms with Crippen LogP contribution in [0.1, 0.15) is 51.0 Å². The topological polar surface area (TPSA) is 49.3 Å². The number of carbonyl (C=O) groups excluding carboxylic acids is 1. The highest BCUT2D eigenvalue weighted by Gasteiger charge is 2.15. The summed E-state index contributed by atoms with van der Waals surface area (Å²) >= 11 is 0. The number of nitrogens with zero attached hydrogens (tertiary/aromatic N) is 4. The highest BCUT2D eigenvalue weighted by molar-refractivity contribution is 5.92. The maximum Gasteiger partial charge on any atom is 0.274 e. The molecule has 0 saturated heterocycles. The zero-order valence-corrected chi connectivity index (χ0v) is 13.1. The molecular weight excluding hydrogens is 252 g/mol. The van der Waals surface area contributed by atoms with E-state index in [-0.39, 0.29) is 5.91 Å². The van der Waals surface area contributed by atoms with Gasteiger partial charge in [-0.3, -0.25) is 4.79 Å². The van der Waals surface area contributed by atoms with Crippen LogP contribution in [0.5, 0.6) is 0 Å². The fourth-order valence-corrected chi connectivity index (χ4v) is 2.16. The summed E-state index contributed by atoms with van der Waals surface area (Å²) < 4.78 is 0. The predicted molar refractivity (Wildman–Crippen MR) is 82.1 cm³/mol. The molecule has 1 aromatic heterocycles. The van der Waals surface area contributed by atoms with Gasteiger partial charge in [0.2, 0.25) is 0 Å². The molecule has 1 amide bonds. The minimum absolute atomic E-state index is 0.0495. The summed E-state index contributed by atoms with van der Waals surface area (Å²) in [6.07, 6.45) is 2.14. The second-order valence-electron chi connectivity index (χ2n) is 4.74. The Morgan fingerprint density at radius 3 is 2.00 bits per heavy atom. The van der Waals surface area contributed by atoms with Crippen molar-refractivity contribution in [3.8, 4) is 0 Å². The summed E-state index contributed by atoms with van der Waals surface area (Å²) in [5.74, 6) is 0.802. The number of anilines is 1. The molecular formula is C15H26N4O. The lowest BCUT2D eigenvalue weighted by Gasteiger charge is -2.22. The number of amides is 1. The Balaban J connectivity index is 2.83. The third kappa shape index (κ3) is 4.18. The van der Waals surface area contributed by atoms with Crippen molar-refractivity contribution >= 4 is 11.7 Å². The molecule has 0 N–H and O–H groups in total. The molecule has 0 saturated carbocycles. The van der Waals surface area contributed by atoms with Crippen molar-refractivity contribution in [3.05, 3.63) is 17.8 Å². The molecule has 0 aliphatic rings. The van der Waals surface area contributed by atoms with Gasteiger partial charge in [0.1, 0.15) is 0 Å². The van der Waals surface area contributed by atoms with E-state index in [1.165, 1.54) is 0 Å². The van der Waals surface area contributed by atoms with E-state index in [1.54, 1.807) is 11.0 Å². The van der Waals surface area contributed by atoms with Crippen molar-refractivity contribution in [2.75, 3.05) is 31.1 Å². The first-order valence-electron chi connectivity index (χ1n) is 7.55. The van der Waals surface area contributed by atoms with Crippen molar-refractivity contribution in [1.29, 1.82) is 0 Å². The summed E-state index contributed by atoms with van der Waals surface area (Å²) in [5.41, 5.74) is 0.422. The Morgan fingerprint density at radius 1 is 1.00 bits per heavy atom. The third-order valence-corrected chi connectivity index (χ3v) is 3.23. The van der Waals surface area contributed by atoms with Crippen LogP contribution >= 0.6 is 0 Å². The molecule has 0 bridgehead atoms. The molecule has 5 heteroatoms. The lowest BCUT2D eigenvalue weighted by atomic mass is 10.3. The Bertz CT molecular complexity index is 395. The first kappa shape index (κ1) is 16.4. The maximum absolute atomic E-state index is 12.1. The molecule has 0 unspecified atom stereocenters. The number of aromatic nitrogens is 2. The molecule has 0 atom stereocenters. The van der Waals surface area contributed by atoms with E-state index in [9.17, 15) is 4.79 Å². The minimum atomic E-state index is -0.0495. The van der Waals surface area contributed by atoms with Gasteiger partial charge < -0.3 is 9.80 Å². The van der Waals surface area contributed by atoms with Crippen molar-refractivity contribution < 1.29 is 4.79 Å². The van der Waals surface area contributed by atoms with Crippen molar-refractivity contribution in [2.24, 2.45) is 0 Å². The van der Waals surface area contributed by atoms with E-state index < -0.39 is 0 Å². The third-order valence-electron chi connectivity index (χ3n) is 3.23. The summed E-state index contributed by atoms with van der Waals surface area (Å²) in [7, 11) is 0. The lowest BCUT2D eigenvalue weighted by Crippen LogP contribution is -2.32. The quantitative estimate of drug-likeness (QED) is 0.733. The molecule has 0 aliphatic heterocycles. The zero-order chi connectivity index (χ0) is 15.0. The Labute approximate surface area is 122 Å². The molecule has 5 nitrogen and oxygen atoms in total. The SMILES string of the molecule is CCCN(CCC)c1ccc(C(=O)N(CC)CC)nn1. The van der Waals surface area contributed by atoms with Crippen molar-refractivity contribution in [3.63, 3.8) is 0 Å². The van der Waals surface area contributed by atoms with Crippen LogP contribution < -0.4 is 4.90 Å². The lowest BCUT2D eigenvalue weighted by molar-refractivity contribution is 0.0766. The predicted octanol–water partition coefficient (Wildman–Crippen LogP) is 2.59. The van der Waals surface area contributed by atoms with Crippen LogP contribution in [0.25, 0.3) is 0 Å². The first-order chi connectivity index (χ1) is 9.67. The van der Waals surface area contributed by atoms with Gasteiger partial charge in [-0.2, -0.15) is 0 Å². The van der Waals surface area contributed by atoms with Gasteiger partial charge >= 0.3 is 0 Å². The highest BCUT2D eigenvalue weighted by Crippen LogP contribution is 2.11. The van der Waals surface area contributed by atoms with Crippen molar-refractivity contribution in [1.82, 2.24) is 15.1 Å². The van der Waals surface area contributed by atoms with Gasteiger partial charge in [-0.1, -0.05) is 13.8 Å². The van der Waals surface area contributed by atoms with Crippen LogP contribution in [-0.2, 0) is 0 Å². The fraction of sp³-hybridized carbons (Fsp3) is 0.667. The van der Waals surface area contributed by atoms with Gasteiger partial charge in [0.25, 0.3) is 5.91 Å². The number of hydrogen-bond donors (Lipinski definition) is 0. The van der Waals surface area contributed by atoms with Crippen LogP contribution in [0.4, 0.5) is 5.82 Å². The zero-order valence-electron chi connectivity index (χ0n) is 13.1. The van der Waals surface area contributed by atoms with Gasteiger partial charge in [-0.15, -0.1) is 10.2 Å². The van der Waals surface area contributed by atoms with E-state index >= 15 is 0 Å². The van der Waals surface area contributed by atoms with Gasteiger partial charge in [-0.25, -0.2) is 0 Å². The minimum Gasteiger partial charge on any atom is -0.355 e. The molecule has 112 valence electrons. The second-order valence-corrected chi connectivity index (χ2v) is 4.74. The summed E-state index contributed by atoms with van der Waals surface area (Å²) in [6, 6.07) is 3.68. The molecule has 0 aromatic carbocycles.